The molecule has 1 aliphatic heterocycles. The summed E-state index contributed by atoms with van der Waals surface area (Å²) in [7, 11) is 0. The lowest BCUT2D eigenvalue weighted by Crippen LogP contribution is -2.25. The van der Waals surface area contributed by atoms with Gasteiger partial charge in [0.25, 0.3) is 0 Å². The lowest BCUT2D eigenvalue weighted by Gasteiger charge is -2.20. The van der Waals surface area contributed by atoms with Crippen molar-refractivity contribution in [2.24, 2.45) is 5.92 Å². The quantitative estimate of drug-likeness (QED) is 0.720. The normalized spacial score (nSPS) is 21.2. The molecule has 0 N–H and O–H groups in total. The molecule has 1 aromatic heterocycles. The maximum Gasteiger partial charge on any atom is 0.158 e. The number of nitrogens with zero attached hydrogens (tertiary/aromatic N) is 4. The van der Waals surface area contributed by atoms with Crippen LogP contribution in [0.4, 0.5) is 5.82 Å². The van der Waals surface area contributed by atoms with Crippen LogP contribution < -0.4 is 4.90 Å². The van der Waals surface area contributed by atoms with Crippen molar-refractivity contribution >= 4 is 5.82 Å². The minimum Gasteiger partial charge on any atom is -0.355 e. The highest BCUT2D eigenvalue weighted by molar-refractivity contribution is 5.37. The second-order valence-electron chi connectivity index (χ2n) is 4.39. The Labute approximate surface area is 95.9 Å². The van der Waals surface area contributed by atoms with Crippen molar-refractivity contribution < 1.29 is 0 Å². The molecule has 4 nitrogen and oxygen atoms in total. The third kappa shape index (κ3) is 2.48. The number of aromatic nitrogens is 2. The van der Waals surface area contributed by atoms with E-state index in [2.05, 4.69) is 21.8 Å². The van der Waals surface area contributed by atoms with Crippen molar-refractivity contribution in [3.05, 3.63) is 18.1 Å². The fourth-order valence-electron chi connectivity index (χ4n) is 2.03. The lowest BCUT2D eigenvalue weighted by molar-refractivity contribution is 0.521. The SMILES string of the molecule is CC1CCCN(c2cnc(C#N)cn2)CC1. The Balaban J connectivity index is 2.08. The number of rotatable bonds is 1. The van der Waals surface area contributed by atoms with E-state index in [1.165, 1.54) is 19.3 Å². The Bertz CT molecular complexity index is 379. The van der Waals surface area contributed by atoms with Crippen LogP contribution in [-0.4, -0.2) is 23.1 Å². The summed E-state index contributed by atoms with van der Waals surface area (Å²) in [6, 6.07) is 1.98. The van der Waals surface area contributed by atoms with Crippen LogP contribution in [0.15, 0.2) is 12.4 Å². The van der Waals surface area contributed by atoms with Crippen molar-refractivity contribution in [2.45, 2.75) is 26.2 Å². The lowest BCUT2D eigenvalue weighted by atomic mass is 10.0. The zero-order chi connectivity index (χ0) is 11.4. The molecular weight excluding hydrogens is 200 g/mol. The van der Waals surface area contributed by atoms with Gasteiger partial charge in [0.1, 0.15) is 11.9 Å². The summed E-state index contributed by atoms with van der Waals surface area (Å²) in [6.45, 7) is 4.39. The molecule has 0 spiro atoms. The van der Waals surface area contributed by atoms with Gasteiger partial charge in [0.2, 0.25) is 0 Å². The first-order chi connectivity index (χ1) is 7.79. The molecule has 84 valence electrons. The van der Waals surface area contributed by atoms with E-state index in [0.717, 1.165) is 24.8 Å². The van der Waals surface area contributed by atoms with Gasteiger partial charge in [-0.3, -0.25) is 0 Å². The first kappa shape index (κ1) is 10.9. The summed E-state index contributed by atoms with van der Waals surface area (Å²) in [5, 5.41) is 8.65. The van der Waals surface area contributed by atoms with Crippen LogP contribution in [0.1, 0.15) is 31.9 Å². The highest BCUT2D eigenvalue weighted by atomic mass is 15.2. The van der Waals surface area contributed by atoms with Crippen molar-refractivity contribution in [2.75, 3.05) is 18.0 Å². The summed E-state index contributed by atoms with van der Waals surface area (Å²) in [6.07, 6.45) is 6.96. The third-order valence-electron chi connectivity index (χ3n) is 3.09. The summed E-state index contributed by atoms with van der Waals surface area (Å²) < 4.78 is 0. The van der Waals surface area contributed by atoms with Crippen LogP contribution in [0, 0.1) is 17.2 Å². The van der Waals surface area contributed by atoms with E-state index in [0.29, 0.717) is 5.69 Å². The topological polar surface area (TPSA) is 52.8 Å². The van der Waals surface area contributed by atoms with Crippen LogP contribution in [0.25, 0.3) is 0 Å². The molecule has 4 heteroatoms. The first-order valence-electron chi connectivity index (χ1n) is 5.76. The Morgan fingerprint density at radius 1 is 1.31 bits per heavy atom. The van der Waals surface area contributed by atoms with Gasteiger partial charge in [-0.15, -0.1) is 0 Å². The van der Waals surface area contributed by atoms with E-state index in [4.69, 9.17) is 5.26 Å². The molecule has 1 aromatic rings. The van der Waals surface area contributed by atoms with Gasteiger partial charge in [-0.2, -0.15) is 5.26 Å². The van der Waals surface area contributed by atoms with Gasteiger partial charge in [0.05, 0.1) is 12.4 Å². The van der Waals surface area contributed by atoms with Gasteiger partial charge in [0, 0.05) is 13.1 Å². The molecule has 2 rings (SSSR count). The van der Waals surface area contributed by atoms with Crippen LogP contribution in [0.2, 0.25) is 0 Å². The maximum atomic E-state index is 8.65. The highest BCUT2D eigenvalue weighted by Gasteiger charge is 2.15. The largest absolute Gasteiger partial charge is 0.355 e. The molecule has 0 saturated carbocycles. The summed E-state index contributed by atoms with van der Waals surface area (Å²) >= 11 is 0. The fourth-order valence-corrected chi connectivity index (χ4v) is 2.03. The number of hydrogen-bond donors (Lipinski definition) is 0. The average Bonchev–Trinajstić information content (AvgIpc) is 2.54. The smallest absolute Gasteiger partial charge is 0.158 e. The number of anilines is 1. The van der Waals surface area contributed by atoms with Crippen LogP contribution in [0.3, 0.4) is 0 Å². The predicted octanol–water partition coefficient (Wildman–Crippen LogP) is 1.97. The third-order valence-corrected chi connectivity index (χ3v) is 3.09. The van der Waals surface area contributed by atoms with Crippen LogP contribution >= 0.6 is 0 Å². The molecule has 0 aromatic carbocycles. The van der Waals surface area contributed by atoms with E-state index in [-0.39, 0.29) is 0 Å². The molecule has 0 aliphatic carbocycles. The van der Waals surface area contributed by atoms with Gasteiger partial charge in [-0.1, -0.05) is 6.92 Å². The van der Waals surface area contributed by atoms with E-state index in [1.807, 2.05) is 6.07 Å². The highest BCUT2D eigenvalue weighted by Crippen LogP contribution is 2.20. The molecule has 2 heterocycles. The molecule has 16 heavy (non-hydrogen) atoms. The van der Waals surface area contributed by atoms with Crippen molar-refractivity contribution in [1.82, 2.24) is 9.97 Å². The molecule has 1 aliphatic rings. The number of hydrogen-bond acceptors (Lipinski definition) is 4. The van der Waals surface area contributed by atoms with Crippen LogP contribution in [-0.2, 0) is 0 Å². The standard InChI is InChI=1S/C12H16N4/c1-10-3-2-5-16(6-4-10)12-9-14-11(7-13)8-15-12/h8-10H,2-6H2,1H3. The average molecular weight is 216 g/mol. The minimum atomic E-state index is 0.381. The zero-order valence-corrected chi connectivity index (χ0v) is 9.56. The second kappa shape index (κ2) is 4.93. The molecule has 0 amide bonds. The summed E-state index contributed by atoms with van der Waals surface area (Å²) in [5.74, 6) is 1.70. The van der Waals surface area contributed by atoms with E-state index < -0.39 is 0 Å². The van der Waals surface area contributed by atoms with Crippen molar-refractivity contribution in [3.8, 4) is 6.07 Å². The molecule has 1 saturated heterocycles. The zero-order valence-electron chi connectivity index (χ0n) is 9.56. The second-order valence-corrected chi connectivity index (χ2v) is 4.39. The van der Waals surface area contributed by atoms with E-state index in [1.54, 1.807) is 12.4 Å². The molecule has 0 radical (unpaired) electrons. The number of nitriles is 1. The Hall–Kier alpha value is -1.63. The minimum absolute atomic E-state index is 0.381. The Kier molecular flexibility index (Phi) is 3.35. The van der Waals surface area contributed by atoms with E-state index >= 15 is 0 Å². The Morgan fingerprint density at radius 2 is 2.19 bits per heavy atom. The van der Waals surface area contributed by atoms with Gasteiger partial charge in [-0.25, -0.2) is 9.97 Å². The van der Waals surface area contributed by atoms with E-state index in [9.17, 15) is 0 Å². The summed E-state index contributed by atoms with van der Waals surface area (Å²) in [5.41, 5.74) is 0.381. The van der Waals surface area contributed by atoms with Gasteiger partial charge >= 0.3 is 0 Å². The van der Waals surface area contributed by atoms with Gasteiger partial charge in [-0.05, 0) is 25.2 Å². The van der Waals surface area contributed by atoms with Crippen molar-refractivity contribution in [3.63, 3.8) is 0 Å². The summed E-state index contributed by atoms with van der Waals surface area (Å²) in [4.78, 5) is 10.6. The predicted molar refractivity (Wildman–Crippen MR) is 62.0 cm³/mol. The monoisotopic (exact) mass is 216 g/mol. The van der Waals surface area contributed by atoms with Crippen LogP contribution in [0.5, 0.6) is 0 Å². The van der Waals surface area contributed by atoms with Crippen molar-refractivity contribution in [1.29, 1.82) is 5.26 Å². The molecule has 1 atom stereocenters. The molecule has 1 unspecified atom stereocenters. The first-order valence-corrected chi connectivity index (χ1v) is 5.76. The molecule has 0 bridgehead atoms. The van der Waals surface area contributed by atoms with Gasteiger partial charge < -0.3 is 4.90 Å². The fraction of sp³-hybridized carbons (Fsp3) is 0.583. The molecular formula is C12H16N4. The Morgan fingerprint density at radius 3 is 2.88 bits per heavy atom. The maximum absolute atomic E-state index is 8.65. The van der Waals surface area contributed by atoms with Gasteiger partial charge in [0.15, 0.2) is 5.69 Å². The molecule has 1 fully saturated rings.